The van der Waals surface area contributed by atoms with E-state index in [9.17, 15) is 5.26 Å². The van der Waals surface area contributed by atoms with Gasteiger partial charge < -0.3 is 9.47 Å². The van der Waals surface area contributed by atoms with E-state index in [-0.39, 0.29) is 6.61 Å². The van der Waals surface area contributed by atoms with E-state index in [4.69, 9.17) is 21.7 Å². The van der Waals surface area contributed by atoms with Crippen LogP contribution in [0.3, 0.4) is 0 Å². The summed E-state index contributed by atoms with van der Waals surface area (Å²) in [5, 5.41) is 20.4. The molecule has 28 heavy (non-hydrogen) atoms. The molecule has 0 spiro atoms. The zero-order valence-corrected chi connectivity index (χ0v) is 16.4. The maximum Gasteiger partial charge on any atom is 0.216 e. The Hall–Kier alpha value is -3.44. The largest absolute Gasteiger partial charge is 0.493 e. The molecule has 3 rings (SSSR count). The lowest BCUT2D eigenvalue weighted by Gasteiger charge is -2.12. The molecule has 0 aliphatic rings. The zero-order chi connectivity index (χ0) is 19.9. The van der Waals surface area contributed by atoms with E-state index in [1.807, 2.05) is 43.3 Å². The van der Waals surface area contributed by atoms with E-state index in [1.165, 1.54) is 0 Å². The zero-order valence-electron chi connectivity index (χ0n) is 15.5. The van der Waals surface area contributed by atoms with E-state index in [0.29, 0.717) is 28.3 Å². The van der Waals surface area contributed by atoms with Gasteiger partial charge in [0.25, 0.3) is 0 Å². The van der Waals surface area contributed by atoms with Crippen molar-refractivity contribution in [2.75, 3.05) is 7.11 Å². The first kappa shape index (κ1) is 19.3. The first-order valence-corrected chi connectivity index (χ1v) is 9.06. The number of aromatic nitrogens is 3. The molecule has 0 fully saturated rings. The number of methoxy groups -OCH3 is 1. The first-order valence-electron chi connectivity index (χ1n) is 8.65. The molecule has 8 heteroatoms. The highest BCUT2D eigenvalue weighted by Crippen LogP contribution is 2.28. The van der Waals surface area contributed by atoms with E-state index in [0.717, 1.165) is 17.0 Å². The van der Waals surface area contributed by atoms with Crippen LogP contribution in [0.5, 0.6) is 11.5 Å². The number of aromatic amines is 1. The Balaban J connectivity index is 1.79. The second-order valence-corrected chi connectivity index (χ2v) is 6.21. The van der Waals surface area contributed by atoms with Gasteiger partial charge in [0.05, 0.1) is 25.0 Å². The van der Waals surface area contributed by atoms with Gasteiger partial charge in [0, 0.05) is 12.0 Å². The molecule has 0 radical (unpaired) electrons. The minimum absolute atomic E-state index is 0.275. The molecule has 142 valence electrons. The summed E-state index contributed by atoms with van der Waals surface area (Å²) in [6.45, 7) is 2.26. The minimum atomic E-state index is 0.275. The van der Waals surface area contributed by atoms with Crippen molar-refractivity contribution in [1.82, 2.24) is 14.9 Å². The van der Waals surface area contributed by atoms with E-state index < -0.39 is 0 Å². The van der Waals surface area contributed by atoms with Crippen LogP contribution < -0.4 is 9.47 Å². The highest BCUT2D eigenvalue weighted by atomic mass is 32.1. The predicted octanol–water partition coefficient (Wildman–Crippen LogP) is 3.84. The summed E-state index contributed by atoms with van der Waals surface area (Å²) in [5.41, 5.74) is 2.24. The third kappa shape index (κ3) is 4.27. The van der Waals surface area contributed by atoms with Gasteiger partial charge in [-0.3, -0.25) is 5.10 Å². The molecule has 0 saturated carbocycles. The Labute approximate surface area is 167 Å². The molecular formula is C20H19N5O2S. The van der Waals surface area contributed by atoms with Crippen LogP contribution >= 0.6 is 12.2 Å². The van der Waals surface area contributed by atoms with Crippen LogP contribution in [-0.4, -0.2) is 28.2 Å². The fraction of sp³-hybridized carbons (Fsp3) is 0.200. The van der Waals surface area contributed by atoms with Crippen LogP contribution in [-0.2, 0) is 13.0 Å². The third-order valence-electron chi connectivity index (χ3n) is 4.06. The van der Waals surface area contributed by atoms with Gasteiger partial charge in [0.15, 0.2) is 17.3 Å². The monoisotopic (exact) mass is 393 g/mol. The standard InChI is InChI=1S/C20H19N5O2S/c1-3-19-23-24-20(28)25(19)22-12-14-8-9-17(18(10-14)26-2)27-13-16-7-5-4-6-15(16)11-21/h4-10,12H,3,13H2,1-2H3,(H,24,28)/b22-12+. The molecule has 0 amide bonds. The summed E-state index contributed by atoms with van der Waals surface area (Å²) in [4.78, 5) is 0. The smallest absolute Gasteiger partial charge is 0.216 e. The number of nitrogens with one attached hydrogen (secondary N) is 1. The molecule has 1 N–H and O–H groups in total. The maximum atomic E-state index is 9.19. The average Bonchev–Trinajstić information content (AvgIpc) is 3.10. The van der Waals surface area contributed by atoms with Crippen LogP contribution in [0, 0.1) is 16.1 Å². The minimum Gasteiger partial charge on any atom is -0.493 e. The number of hydrogen-bond donors (Lipinski definition) is 1. The maximum absolute atomic E-state index is 9.19. The lowest BCUT2D eigenvalue weighted by atomic mass is 10.1. The van der Waals surface area contributed by atoms with Gasteiger partial charge in [-0.2, -0.15) is 20.1 Å². The molecule has 0 aliphatic carbocycles. The number of benzene rings is 2. The third-order valence-corrected chi connectivity index (χ3v) is 4.33. The van der Waals surface area contributed by atoms with E-state index in [2.05, 4.69) is 21.4 Å². The second-order valence-electron chi connectivity index (χ2n) is 5.82. The Morgan fingerprint density at radius 2 is 2.11 bits per heavy atom. The summed E-state index contributed by atoms with van der Waals surface area (Å²) in [7, 11) is 1.58. The topological polar surface area (TPSA) is 88.2 Å². The molecule has 0 saturated heterocycles. The van der Waals surface area contributed by atoms with Crippen molar-refractivity contribution in [1.29, 1.82) is 5.26 Å². The van der Waals surface area contributed by atoms with Gasteiger partial charge in [-0.05, 0) is 42.0 Å². The van der Waals surface area contributed by atoms with Crippen LogP contribution in [0.4, 0.5) is 0 Å². The number of nitrogens with zero attached hydrogens (tertiary/aromatic N) is 4. The molecule has 0 bridgehead atoms. The van der Waals surface area contributed by atoms with Gasteiger partial charge in [-0.15, -0.1) is 0 Å². The summed E-state index contributed by atoms with van der Waals surface area (Å²) in [6.07, 6.45) is 2.40. The summed E-state index contributed by atoms with van der Waals surface area (Å²) in [5.74, 6) is 1.91. The highest BCUT2D eigenvalue weighted by molar-refractivity contribution is 7.71. The summed E-state index contributed by atoms with van der Waals surface area (Å²) >= 11 is 5.19. The number of ether oxygens (including phenoxy) is 2. The molecule has 1 heterocycles. The average molecular weight is 393 g/mol. The number of hydrogen-bond acceptors (Lipinski definition) is 6. The first-order chi connectivity index (χ1) is 13.7. The van der Waals surface area contributed by atoms with Crippen molar-refractivity contribution in [3.05, 3.63) is 69.8 Å². The fourth-order valence-corrected chi connectivity index (χ4v) is 2.79. The quantitative estimate of drug-likeness (QED) is 0.487. The fourth-order valence-electron chi connectivity index (χ4n) is 2.59. The van der Waals surface area contributed by atoms with Crippen molar-refractivity contribution < 1.29 is 9.47 Å². The van der Waals surface area contributed by atoms with Gasteiger partial charge in [0.1, 0.15) is 6.61 Å². The Morgan fingerprint density at radius 1 is 1.29 bits per heavy atom. The molecule has 7 nitrogen and oxygen atoms in total. The number of aryl methyl sites for hydroxylation is 1. The van der Waals surface area contributed by atoms with Gasteiger partial charge in [0.2, 0.25) is 4.77 Å². The molecule has 2 aromatic carbocycles. The van der Waals surface area contributed by atoms with Crippen molar-refractivity contribution in [3.8, 4) is 17.6 Å². The van der Waals surface area contributed by atoms with Crippen LogP contribution in [0.15, 0.2) is 47.6 Å². The molecule has 3 aromatic rings. The SMILES string of the molecule is CCc1n[nH]c(=S)n1/N=C/c1ccc(OCc2ccccc2C#N)c(OC)c1. The molecular weight excluding hydrogens is 374 g/mol. The molecule has 0 atom stereocenters. The van der Waals surface area contributed by atoms with Gasteiger partial charge in [-0.1, -0.05) is 25.1 Å². The predicted molar refractivity (Wildman–Crippen MR) is 108 cm³/mol. The van der Waals surface area contributed by atoms with Crippen LogP contribution in [0.25, 0.3) is 0 Å². The van der Waals surface area contributed by atoms with Crippen LogP contribution in [0.2, 0.25) is 0 Å². The van der Waals surface area contributed by atoms with Gasteiger partial charge in [-0.25, -0.2) is 0 Å². The Morgan fingerprint density at radius 3 is 2.86 bits per heavy atom. The normalized spacial score (nSPS) is 10.8. The van der Waals surface area contributed by atoms with E-state index in [1.54, 1.807) is 24.1 Å². The second kappa shape index (κ2) is 8.97. The lowest BCUT2D eigenvalue weighted by Crippen LogP contribution is -2.01. The highest BCUT2D eigenvalue weighted by Gasteiger charge is 2.08. The van der Waals surface area contributed by atoms with Crippen molar-refractivity contribution in [3.63, 3.8) is 0 Å². The van der Waals surface area contributed by atoms with Crippen molar-refractivity contribution in [2.45, 2.75) is 20.0 Å². The van der Waals surface area contributed by atoms with E-state index >= 15 is 0 Å². The summed E-state index contributed by atoms with van der Waals surface area (Å²) < 4.78 is 13.3. The van der Waals surface area contributed by atoms with Gasteiger partial charge >= 0.3 is 0 Å². The van der Waals surface area contributed by atoms with Crippen molar-refractivity contribution >= 4 is 18.4 Å². The lowest BCUT2D eigenvalue weighted by molar-refractivity contribution is 0.284. The Bertz CT molecular complexity index is 1090. The molecule has 0 aliphatic heterocycles. The number of rotatable bonds is 7. The number of nitriles is 1. The Kier molecular flexibility index (Phi) is 6.19. The van der Waals surface area contributed by atoms with Crippen molar-refractivity contribution in [2.24, 2.45) is 5.10 Å². The summed E-state index contributed by atoms with van der Waals surface area (Å²) in [6, 6.07) is 15.0. The van der Waals surface area contributed by atoms with Crippen LogP contribution in [0.1, 0.15) is 29.4 Å². The molecule has 1 aromatic heterocycles. The molecule has 0 unspecified atom stereocenters. The number of H-pyrrole nitrogens is 1.